The van der Waals surface area contributed by atoms with Crippen LogP contribution in [0.25, 0.3) is 0 Å². The predicted molar refractivity (Wildman–Crippen MR) is 59.5 cm³/mol. The Bertz CT molecular complexity index is 233. The van der Waals surface area contributed by atoms with E-state index in [9.17, 15) is 4.79 Å². The second-order valence-corrected chi connectivity index (χ2v) is 4.58. The molecule has 16 heavy (non-hydrogen) atoms. The van der Waals surface area contributed by atoms with Crippen LogP contribution in [0.1, 0.15) is 12.8 Å². The maximum Gasteiger partial charge on any atom is 0.317 e. The summed E-state index contributed by atoms with van der Waals surface area (Å²) in [5, 5.41) is 8.71. The molecule has 0 aromatic heterocycles. The van der Waals surface area contributed by atoms with Gasteiger partial charge < -0.3 is 9.84 Å². The normalized spacial score (nSPS) is 29.1. The summed E-state index contributed by atoms with van der Waals surface area (Å²) >= 11 is 0. The summed E-state index contributed by atoms with van der Waals surface area (Å²) < 4.78 is 5.48. The molecule has 2 saturated heterocycles. The number of rotatable bonds is 3. The Morgan fingerprint density at radius 1 is 1.31 bits per heavy atom. The SMILES string of the molecule is O=C(O)CN1CCN(C2CCCOC2)CC1. The van der Waals surface area contributed by atoms with Gasteiger partial charge in [0.25, 0.3) is 0 Å². The van der Waals surface area contributed by atoms with E-state index in [4.69, 9.17) is 9.84 Å². The molecule has 1 N–H and O–H groups in total. The van der Waals surface area contributed by atoms with Gasteiger partial charge in [0.15, 0.2) is 0 Å². The number of carboxylic acids is 1. The van der Waals surface area contributed by atoms with Crippen LogP contribution in [-0.2, 0) is 9.53 Å². The molecular weight excluding hydrogens is 208 g/mol. The van der Waals surface area contributed by atoms with Crippen LogP contribution in [0.2, 0.25) is 0 Å². The topological polar surface area (TPSA) is 53.0 Å². The highest BCUT2D eigenvalue weighted by molar-refractivity contribution is 5.69. The lowest BCUT2D eigenvalue weighted by molar-refractivity contribution is -0.138. The Morgan fingerprint density at radius 3 is 2.62 bits per heavy atom. The lowest BCUT2D eigenvalue weighted by atomic mass is 10.1. The smallest absolute Gasteiger partial charge is 0.317 e. The quantitative estimate of drug-likeness (QED) is 0.729. The van der Waals surface area contributed by atoms with E-state index in [1.165, 1.54) is 6.42 Å². The van der Waals surface area contributed by atoms with Gasteiger partial charge in [-0.25, -0.2) is 0 Å². The highest BCUT2D eigenvalue weighted by Crippen LogP contribution is 2.15. The minimum atomic E-state index is -0.727. The molecule has 2 aliphatic rings. The first kappa shape index (κ1) is 11.8. The first-order valence-corrected chi connectivity index (χ1v) is 6.01. The van der Waals surface area contributed by atoms with Crippen LogP contribution in [0.15, 0.2) is 0 Å². The molecule has 0 radical (unpaired) electrons. The molecule has 5 nitrogen and oxygen atoms in total. The van der Waals surface area contributed by atoms with Crippen LogP contribution < -0.4 is 0 Å². The summed E-state index contributed by atoms with van der Waals surface area (Å²) in [5.74, 6) is -0.727. The maximum atomic E-state index is 10.6. The summed E-state index contributed by atoms with van der Waals surface area (Å²) in [6, 6.07) is 0.556. The number of nitrogens with zero attached hydrogens (tertiary/aromatic N) is 2. The van der Waals surface area contributed by atoms with Crippen molar-refractivity contribution in [2.75, 3.05) is 45.9 Å². The van der Waals surface area contributed by atoms with Gasteiger partial charge in [0, 0.05) is 38.8 Å². The standard InChI is InChI=1S/C11H20N2O3/c14-11(15)8-12-3-5-13(6-4-12)10-2-1-7-16-9-10/h10H,1-9H2,(H,14,15). The monoisotopic (exact) mass is 228 g/mol. The third kappa shape index (κ3) is 3.17. The third-order valence-electron chi connectivity index (χ3n) is 3.42. The van der Waals surface area contributed by atoms with Crippen molar-refractivity contribution < 1.29 is 14.6 Å². The van der Waals surface area contributed by atoms with Gasteiger partial charge in [-0.05, 0) is 12.8 Å². The summed E-state index contributed by atoms with van der Waals surface area (Å²) in [4.78, 5) is 15.0. The highest BCUT2D eigenvalue weighted by atomic mass is 16.5. The number of ether oxygens (including phenoxy) is 1. The number of carboxylic acid groups (broad SMARTS) is 1. The van der Waals surface area contributed by atoms with E-state index in [0.29, 0.717) is 6.04 Å². The summed E-state index contributed by atoms with van der Waals surface area (Å²) in [5.41, 5.74) is 0. The van der Waals surface area contributed by atoms with Crippen molar-refractivity contribution in [1.29, 1.82) is 0 Å². The molecule has 92 valence electrons. The molecule has 0 aromatic carbocycles. The van der Waals surface area contributed by atoms with Crippen molar-refractivity contribution >= 4 is 5.97 Å². The molecule has 5 heteroatoms. The lowest BCUT2D eigenvalue weighted by Gasteiger charge is -2.40. The molecule has 0 saturated carbocycles. The second kappa shape index (κ2) is 5.61. The molecule has 0 bridgehead atoms. The molecule has 0 aliphatic carbocycles. The van der Waals surface area contributed by atoms with Crippen molar-refractivity contribution in [3.63, 3.8) is 0 Å². The molecule has 2 rings (SSSR count). The van der Waals surface area contributed by atoms with Gasteiger partial charge in [0.05, 0.1) is 13.2 Å². The Kier molecular flexibility index (Phi) is 4.15. The van der Waals surface area contributed by atoms with Crippen LogP contribution in [0.4, 0.5) is 0 Å². The lowest BCUT2D eigenvalue weighted by Crippen LogP contribution is -2.53. The van der Waals surface area contributed by atoms with E-state index in [2.05, 4.69) is 4.90 Å². The van der Waals surface area contributed by atoms with Gasteiger partial charge in [-0.15, -0.1) is 0 Å². The highest BCUT2D eigenvalue weighted by Gasteiger charge is 2.25. The zero-order valence-electron chi connectivity index (χ0n) is 9.60. The number of hydrogen-bond donors (Lipinski definition) is 1. The van der Waals surface area contributed by atoms with Crippen molar-refractivity contribution in [3.05, 3.63) is 0 Å². The van der Waals surface area contributed by atoms with Gasteiger partial charge in [-0.2, -0.15) is 0 Å². The number of piperazine rings is 1. The van der Waals surface area contributed by atoms with E-state index < -0.39 is 5.97 Å². The largest absolute Gasteiger partial charge is 0.480 e. The Labute approximate surface area is 96.0 Å². The van der Waals surface area contributed by atoms with Crippen molar-refractivity contribution in [1.82, 2.24) is 9.80 Å². The predicted octanol–water partition coefficient (Wildman–Crippen LogP) is -0.132. The summed E-state index contributed by atoms with van der Waals surface area (Å²) in [6.07, 6.45) is 2.37. The summed E-state index contributed by atoms with van der Waals surface area (Å²) in [6.45, 7) is 5.59. The van der Waals surface area contributed by atoms with Gasteiger partial charge in [-0.3, -0.25) is 14.6 Å². The number of aliphatic carboxylic acids is 1. The maximum absolute atomic E-state index is 10.6. The Morgan fingerprint density at radius 2 is 2.06 bits per heavy atom. The van der Waals surface area contributed by atoms with Crippen LogP contribution in [0, 0.1) is 0 Å². The molecule has 0 aromatic rings. The summed E-state index contributed by atoms with van der Waals surface area (Å²) in [7, 11) is 0. The fourth-order valence-corrected chi connectivity index (χ4v) is 2.49. The zero-order valence-corrected chi connectivity index (χ0v) is 9.60. The van der Waals surface area contributed by atoms with Gasteiger partial charge in [0.2, 0.25) is 0 Å². The van der Waals surface area contributed by atoms with Gasteiger partial charge in [0.1, 0.15) is 0 Å². The fourth-order valence-electron chi connectivity index (χ4n) is 2.49. The van der Waals surface area contributed by atoms with Crippen molar-refractivity contribution in [2.45, 2.75) is 18.9 Å². The first-order chi connectivity index (χ1) is 7.75. The number of hydrogen-bond acceptors (Lipinski definition) is 4. The average molecular weight is 228 g/mol. The molecule has 0 amide bonds. The van der Waals surface area contributed by atoms with Crippen LogP contribution >= 0.6 is 0 Å². The second-order valence-electron chi connectivity index (χ2n) is 4.58. The molecule has 2 aliphatic heterocycles. The van der Waals surface area contributed by atoms with Crippen molar-refractivity contribution in [2.24, 2.45) is 0 Å². The van der Waals surface area contributed by atoms with Gasteiger partial charge in [-0.1, -0.05) is 0 Å². The molecule has 1 atom stereocenters. The average Bonchev–Trinajstić information content (AvgIpc) is 2.30. The van der Waals surface area contributed by atoms with E-state index in [1.54, 1.807) is 0 Å². The minimum absolute atomic E-state index is 0.176. The first-order valence-electron chi connectivity index (χ1n) is 6.01. The molecular formula is C11H20N2O3. The van der Waals surface area contributed by atoms with E-state index in [0.717, 1.165) is 45.8 Å². The molecule has 0 spiro atoms. The molecule has 2 heterocycles. The zero-order chi connectivity index (χ0) is 11.4. The number of carbonyl (C=O) groups is 1. The third-order valence-corrected chi connectivity index (χ3v) is 3.42. The van der Waals surface area contributed by atoms with Crippen LogP contribution in [0.3, 0.4) is 0 Å². The molecule has 2 fully saturated rings. The minimum Gasteiger partial charge on any atom is -0.480 e. The Balaban J connectivity index is 1.73. The molecule has 1 unspecified atom stereocenters. The van der Waals surface area contributed by atoms with Crippen LogP contribution in [0.5, 0.6) is 0 Å². The van der Waals surface area contributed by atoms with Gasteiger partial charge >= 0.3 is 5.97 Å². The Hall–Kier alpha value is -0.650. The van der Waals surface area contributed by atoms with Crippen LogP contribution in [-0.4, -0.2) is 72.9 Å². The fraction of sp³-hybridized carbons (Fsp3) is 0.909. The van der Waals surface area contributed by atoms with E-state index in [1.807, 2.05) is 4.90 Å². The van der Waals surface area contributed by atoms with E-state index >= 15 is 0 Å². The van der Waals surface area contributed by atoms with E-state index in [-0.39, 0.29) is 6.54 Å². The van der Waals surface area contributed by atoms with Crippen molar-refractivity contribution in [3.8, 4) is 0 Å².